The van der Waals surface area contributed by atoms with E-state index in [2.05, 4.69) is 133 Å². The van der Waals surface area contributed by atoms with Gasteiger partial charge in [0.25, 0.3) is 0 Å². The molecule has 2 heteroatoms. The van der Waals surface area contributed by atoms with Crippen LogP contribution in [-0.2, 0) is 6.42 Å². The summed E-state index contributed by atoms with van der Waals surface area (Å²) in [5.74, 6) is 0.228. The smallest absolute Gasteiger partial charge is 0.0671 e. The zero-order valence-corrected chi connectivity index (χ0v) is 22.9. The van der Waals surface area contributed by atoms with Crippen molar-refractivity contribution in [2.45, 2.75) is 18.8 Å². The Kier molecular flexibility index (Phi) is 5.60. The van der Waals surface area contributed by atoms with E-state index in [4.69, 9.17) is 4.99 Å². The fourth-order valence-corrected chi connectivity index (χ4v) is 7.51. The van der Waals surface area contributed by atoms with Gasteiger partial charge in [-0.25, -0.2) is 0 Å². The Morgan fingerprint density at radius 3 is 2.30 bits per heavy atom. The number of hydrogen-bond acceptors (Lipinski definition) is 2. The van der Waals surface area contributed by atoms with Crippen LogP contribution in [0.5, 0.6) is 0 Å². The minimum absolute atomic E-state index is 0.228. The predicted molar refractivity (Wildman–Crippen MR) is 172 cm³/mol. The lowest BCUT2D eigenvalue weighted by Gasteiger charge is -2.23. The van der Waals surface area contributed by atoms with Crippen LogP contribution in [0.2, 0.25) is 0 Å². The van der Waals surface area contributed by atoms with Gasteiger partial charge in [0.1, 0.15) is 0 Å². The SMILES string of the molecule is C1=Cc2cccc(-c3cc([C@H]4C=C(c5ccccc5)N=C(c5ccccc5)C4)cc4sc5ccccc5c34)c2C1. The number of allylic oxidation sites excluding steroid dienone is 2. The van der Waals surface area contributed by atoms with Crippen molar-refractivity contribution in [1.82, 2.24) is 0 Å². The molecule has 0 N–H and O–H groups in total. The lowest BCUT2D eigenvalue weighted by Crippen LogP contribution is -2.12. The highest BCUT2D eigenvalue weighted by molar-refractivity contribution is 7.26. The van der Waals surface area contributed by atoms with Crippen LogP contribution in [0.15, 0.2) is 132 Å². The summed E-state index contributed by atoms with van der Waals surface area (Å²) >= 11 is 1.91. The van der Waals surface area contributed by atoms with Crippen LogP contribution in [0, 0.1) is 0 Å². The number of rotatable bonds is 4. The maximum atomic E-state index is 5.20. The van der Waals surface area contributed by atoms with Gasteiger partial charge in [0.2, 0.25) is 0 Å². The number of aliphatic imine (C=N–C) groups is 1. The molecular weight excluding hydrogens is 502 g/mol. The van der Waals surface area contributed by atoms with E-state index in [1.807, 2.05) is 11.3 Å². The molecule has 0 spiro atoms. The third-order valence-corrected chi connectivity index (χ3v) is 9.37. The third-order valence-electron chi connectivity index (χ3n) is 8.26. The van der Waals surface area contributed by atoms with Crippen molar-refractivity contribution >= 4 is 49.0 Å². The molecule has 6 aromatic rings. The van der Waals surface area contributed by atoms with Crippen molar-refractivity contribution in [3.8, 4) is 11.1 Å². The van der Waals surface area contributed by atoms with Gasteiger partial charge in [-0.3, -0.25) is 4.99 Å². The molecule has 0 bridgehead atoms. The van der Waals surface area contributed by atoms with Gasteiger partial charge in [-0.05, 0) is 63.6 Å². The van der Waals surface area contributed by atoms with E-state index in [9.17, 15) is 0 Å². The van der Waals surface area contributed by atoms with E-state index in [1.54, 1.807) is 0 Å². The quantitative estimate of drug-likeness (QED) is 0.215. The minimum atomic E-state index is 0.228. The summed E-state index contributed by atoms with van der Waals surface area (Å²) in [7, 11) is 0. The second-order valence-electron chi connectivity index (χ2n) is 10.7. The molecule has 5 aromatic carbocycles. The molecule has 1 aliphatic heterocycles. The van der Waals surface area contributed by atoms with Gasteiger partial charge in [0.05, 0.1) is 5.70 Å². The van der Waals surface area contributed by atoms with Crippen molar-refractivity contribution in [2.75, 3.05) is 0 Å². The van der Waals surface area contributed by atoms with Gasteiger partial charge in [-0.2, -0.15) is 0 Å². The summed E-state index contributed by atoms with van der Waals surface area (Å²) in [4.78, 5) is 5.20. The average molecular weight is 530 g/mol. The highest BCUT2D eigenvalue weighted by Gasteiger charge is 2.24. The lowest BCUT2D eigenvalue weighted by molar-refractivity contribution is 0.882. The van der Waals surface area contributed by atoms with Crippen LogP contribution >= 0.6 is 11.3 Å². The largest absolute Gasteiger partial charge is 0.252 e. The maximum absolute atomic E-state index is 5.20. The lowest BCUT2D eigenvalue weighted by atomic mass is 9.84. The topological polar surface area (TPSA) is 12.4 Å². The Morgan fingerprint density at radius 2 is 1.45 bits per heavy atom. The molecule has 0 amide bonds. The molecule has 1 aromatic heterocycles. The number of benzene rings is 5. The second-order valence-corrected chi connectivity index (χ2v) is 11.8. The summed E-state index contributed by atoms with van der Waals surface area (Å²) in [6, 6.07) is 41.8. The average Bonchev–Trinajstić information content (AvgIpc) is 3.66. The standard InChI is InChI=1S/C38H27NS/c1-3-11-26(12-4-1)34-22-29(23-35(39-34)27-13-5-2-6-14-27)28-21-33(31-19-10-16-25-15-9-18-30(25)31)38-32-17-7-8-20-36(32)40-37(38)24-28/h1-17,19-22,24,29H,18,23H2/t29-/m0/s1. The van der Waals surface area contributed by atoms with E-state index in [0.717, 1.165) is 29.8 Å². The monoisotopic (exact) mass is 529 g/mol. The van der Waals surface area contributed by atoms with Gasteiger partial charge in [-0.1, -0.05) is 115 Å². The fourth-order valence-electron chi connectivity index (χ4n) is 6.33. The molecule has 2 aliphatic rings. The Morgan fingerprint density at radius 1 is 0.675 bits per heavy atom. The first kappa shape index (κ1) is 23.4. The molecule has 40 heavy (non-hydrogen) atoms. The first-order chi connectivity index (χ1) is 19.8. The van der Waals surface area contributed by atoms with Crippen molar-refractivity contribution in [3.63, 3.8) is 0 Å². The number of fused-ring (bicyclic) bond motifs is 4. The van der Waals surface area contributed by atoms with Crippen molar-refractivity contribution in [2.24, 2.45) is 4.99 Å². The van der Waals surface area contributed by atoms with Gasteiger partial charge in [0, 0.05) is 38.2 Å². The highest BCUT2D eigenvalue weighted by Crippen LogP contribution is 2.45. The number of nitrogens with zero attached hydrogens (tertiary/aromatic N) is 1. The van der Waals surface area contributed by atoms with Crippen molar-refractivity contribution < 1.29 is 0 Å². The van der Waals surface area contributed by atoms with Gasteiger partial charge in [-0.15, -0.1) is 11.3 Å². The molecule has 0 saturated heterocycles. The first-order valence-corrected chi connectivity index (χ1v) is 14.8. The molecule has 2 heterocycles. The fraction of sp³-hybridized carbons (Fsp3) is 0.0789. The Bertz CT molecular complexity index is 1990. The normalized spacial score (nSPS) is 16.2. The Hall–Kier alpha value is -4.53. The second kappa shape index (κ2) is 9.59. The molecule has 1 atom stereocenters. The molecule has 1 aliphatic carbocycles. The molecule has 190 valence electrons. The van der Waals surface area contributed by atoms with E-state index in [-0.39, 0.29) is 5.92 Å². The number of hydrogen-bond donors (Lipinski definition) is 0. The molecule has 8 rings (SSSR count). The van der Waals surface area contributed by atoms with E-state index in [1.165, 1.54) is 53.6 Å². The first-order valence-electron chi connectivity index (χ1n) is 14.0. The van der Waals surface area contributed by atoms with Crippen molar-refractivity contribution in [1.29, 1.82) is 0 Å². The molecule has 0 saturated carbocycles. The molecule has 0 fully saturated rings. The van der Waals surface area contributed by atoms with E-state index >= 15 is 0 Å². The Labute approximate surface area is 238 Å². The summed E-state index contributed by atoms with van der Waals surface area (Å²) in [6.07, 6.45) is 8.82. The maximum Gasteiger partial charge on any atom is 0.0671 e. The molecule has 1 nitrogen and oxygen atoms in total. The van der Waals surface area contributed by atoms with E-state index < -0.39 is 0 Å². The number of thiophene rings is 1. The summed E-state index contributed by atoms with van der Waals surface area (Å²) in [5, 5.41) is 2.73. The van der Waals surface area contributed by atoms with Crippen molar-refractivity contribution in [3.05, 3.63) is 155 Å². The van der Waals surface area contributed by atoms with Crippen LogP contribution in [0.1, 0.15) is 40.2 Å². The predicted octanol–water partition coefficient (Wildman–Crippen LogP) is 10.3. The van der Waals surface area contributed by atoms with Crippen LogP contribution < -0.4 is 0 Å². The molecular formula is C38H27NS. The van der Waals surface area contributed by atoms with Crippen LogP contribution in [0.25, 0.3) is 43.1 Å². The zero-order valence-electron chi connectivity index (χ0n) is 22.0. The summed E-state index contributed by atoms with van der Waals surface area (Å²) in [6.45, 7) is 0. The van der Waals surface area contributed by atoms with Gasteiger partial charge >= 0.3 is 0 Å². The van der Waals surface area contributed by atoms with Crippen LogP contribution in [0.4, 0.5) is 0 Å². The minimum Gasteiger partial charge on any atom is -0.252 e. The molecule has 0 unspecified atom stereocenters. The highest BCUT2D eigenvalue weighted by atomic mass is 32.1. The summed E-state index contributed by atoms with van der Waals surface area (Å²) in [5.41, 5.74) is 11.4. The summed E-state index contributed by atoms with van der Waals surface area (Å²) < 4.78 is 2.70. The van der Waals surface area contributed by atoms with Crippen LogP contribution in [-0.4, -0.2) is 5.71 Å². The van der Waals surface area contributed by atoms with Gasteiger partial charge < -0.3 is 0 Å². The van der Waals surface area contributed by atoms with Gasteiger partial charge in [0.15, 0.2) is 0 Å². The van der Waals surface area contributed by atoms with Crippen LogP contribution in [0.3, 0.4) is 0 Å². The zero-order chi connectivity index (χ0) is 26.5. The Balaban J connectivity index is 1.35. The third kappa shape index (κ3) is 3.95. The van der Waals surface area contributed by atoms with E-state index in [0.29, 0.717) is 0 Å². The molecule has 0 radical (unpaired) electrons.